The molecule has 0 aliphatic carbocycles. The van der Waals surface area contributed by atoms with E-state index in [0.717, 1.165) is 12.1 Å². The molecule has 0 saturated heterocycles. The molecule has 0 heterocycles. The summed E-state index contributed by atoms with van der Waals surface area (Å²) in [4.78, 5) is 11.1. The van der Waals surface area contributed by atoms with Crippen molar-refractivity contribution in [2.45, 2.75) is 6.18 Å². The molecule has 15 heavy (non-hydrogen) atoms. The van der Waals surface area contributed by atoms with Gasteiger partial charge in [0.25, 0.3) is 5.91 Å². The summed E-state index contributed by atoms with van der Waals surface area (Å²) in [6, 6.07) is 3.06. The number of benzene rings is 1. The fourth-order valence-electron chi connectivity index (χ4n) is 1.03. The average molecular weight is 282 g/mol. The number of alkyl halides is 3. The monoisotopic (exact) mass is 281 g/mol. The molecule has 1 aromatic carbocycles. The molecular formula is C9H7BrF3NO. The summed E-state index contributed by atoms with van der Waals surface area (Å²) in [5.74, 6) is -0.554. The Balaban J connectivity index is 3.23. The Morgan fingerprint density at radius 3 is 2.40 bits per heavy atom. The van der Waals surface area contributed by atoms with Crippen LogP contribution in [-0.4, -0.2) is 13.0 Å². The van der Waals surface area contributed by atoms with Gasteiger partial charge in [0.1, 0.15) is 0 Å². The van der Waals surface area contributed by atoms with Gasteiger partial charge in [0, 0.05) is 17.1 Å². The van der Waals surface area contributed by atoms with Crippen molar-refractivity contribution in [1.82, 2.24) is 5.32 Å². The highest BCUT2D eigenvalue weighted by Gasteiger charge is 2.31. The van der Waals surface area contributed by atoms with Crippen molar-refractivity contribution in [3.63, 3.8) is 0 Å². The summed E-state index contributed by atoms with van der Waals surface area (Å²) in [5, 5.41) is 2.26. The minimum absolute atomic E-state index is 0.0285. The first kappa shape index (κ1) is 12.0. The molecular weight excluding hydrogens is 275 g/mol. The molecule has 6 heteroatoms. The molecule has 0 spiro atoms. The SMILES string of the molecule is CNC(=O)c1cc(Br)cc(C(F)(F)F)c1. The molecule has 0 saturated carbocycles. The summed E-state index contributed by atoms with van der Waals surface area (Å²) in [6.07, 6.45) is -4.45. The van der Waals surface area contributed by atoms with Gasteiger partial charge in [-0.25, -0.2) is 0 Å². The summed E-state index contributed by atoms with van der Waals surface area (Å²) in [7, 11) is 1.36. The van der Waals surface area contributed by atoms with Crippen LogP contribution in [-0.2, 0) is 6.18 Å². The van der Waals surface area contributed by atoms with Crippen LogP contribution in [0.2, 0.25) is 0 Å². The third-order valence-electron chi connectivity index (χ3n) is 1.71. The second-order valence-electron chi connectivity index (χ2n) is 2.81. The van der Waals surface area contributed by atoms with E-state index >= 15 is 0 Å². The molecule has 82 valence electrons. The molecule has 0 atom stereocenters. The van der Waals surface area contributed by atoms with Gasteiger partial charge in [-0.1, -0.05) is 15.9 Å². The zero-order chi connectivity index (χ0) is 11.6. The Kier molecular flexibility index (Phi) is 3.38. The van der Waals surface area contributed by atoms with Gasteiger partial charge < -0.3 is 5.32 Å². The average Bonchev–Trinajstić information content (AvgIpc) is 2.14. The lowest BCUT2D eigenvalue weighted by Crippen LogP contribution is -2.18. The van der Waals surface area contributed by atoms with E-state index in [-0.39, 0.29) is 10.0 Å². The first-order chi connectivity index (χ1) is 6.84. The van der Waals surface area contributed by atoms with Crippen molar-refractivity contribution in [1.29, 1.82) is 0 Å². The van der Waals surface area contributed by atoms with Crippen LogP contribution in [0.4, 0.5) is 13.2 Å². The van der Waals surface area contributed by atoms with E-state index in [2.05, 4.69) is 21.2 Å². The summed E-state index contributed by atoms with van der Waals surface area (Å²) < 4.78 is 37.3. The van der Waals surface area contributed by atoms with E-state index < -0.39 is 17.6 Å². The van der Waals surface area contributed by atoms with E-state index in [1.807, 2.05) is 0 Å². The minimum atomic E-state index is -4.45. The molecule has 0 bridgehead atoms. The number of rotatable bonds is 1. The number of carbonyl (C=O) groups excluding carboxylic acids is 1. The largest absolute Gasteiger partial charge is 0.416 e. The molecule has 0 aliphatic heterocycles. The van der Waals surface area contributed by atoms with Gasteiger partial charge in [-0.15, -0.1) is 0 Å². The topological polar surface area (TPSA) is 29.1 Å². The summed E-state index contributed by atoms with van der Waals surface area (Å²) >= 11 is 2.92. The highest BCUT2D eigenvalue weighted by Crippen LogP contribution is 2.31. The Hall–Kier alpha value is -1.04. The molecule has 1 rings (SSSR count). The van der Waals surface area contributed by atoms with E-state index in [1.165, 1.54) is 13.1 Å². The maximum absolute atomic E-state index is 12.4. The van der Waals surface area contributed by atoms with Crippen LogP contribution in [0.3, 0.4) is 0 Å². The first-order valence-corrected chi connectivity index (χ1v) is 4.74. The van der Waals surface area contributed by atoms with E-state index in [0.29, 0.717) is 0 Å². The Morgan fingerprint density at radius 1 is 1.33 bits per heavy atom. The quantitative estimate of drug-likeness (QED) is 0.843. The third kappa shape index (κ3) is 2.95. The zero-order valence-corrected chi connectivity index (χ0v) is 9.24. The maximum Gasteiger partial charge on any atom is 0.416 e. The highest BCUT2D eigenvalue weighted by molar-refractivity contribution is 9.10. The second-order valence-corrected chi connectivity index (χ2v) is 3.72. The number of carbonyl (C=O) groups is 1. The molecule has 2 nitrogen and oxygen atoms in total. The number of nitrogens with one attached hydrogen (secondary N) is 1. The van der Waals surface area contributed by atoms with Gasteiger partial charge in [-0.2, -0.15) is 13.2 Å². The van der Waals surface area contributed by atoms with Crippen molar-refractivity contribution in [2.24, 2.45) is 0 Å². The summed E-state index contributed by atoms with van der Waals surface area (Å²) in [5.41, 5.74) is -0.880. The predicted octanol–water partition coefficient (Wildman–Crippen LogP) is 2.83. The lowest BCUT2D eigenvalue weighted by atomic mass is 10.1. The molecule has 1 amide bonds. The highest BCUT2D eigenvalue weighted by atomic mass is 79.9. The van der Waals surface area contributed by atoms with Crippen LogP contribution in [0.15, 0.2) is 22.7 Å². The van der Waals surface area contributed by atoms with Crippen LogP contribution in [0.5, 0.6) is 0 Å². The molecule has 0 radical (unpaired) electrons. The summed E-state index contributed by atoms with van der Waals surface area (Å²) in [6.45, 7) is 0. The van der Waals surface area contributed by atoms with Gasteiger partial charge in [0.2, 0.25) is 0 Å². The second kappa shape index (κ2) is 4.22. The van der Waals surface area contributed by atoms with Crippen molar-refractivity contribution in [3.05, 3.63) is 33.8 Å². The normalized spacial score (nSPS) is 11.3. The Bertz CT molecular complexity index is 389. The number of amides is 1. The standard InChI is InChI=1S/C9H7BrF3NO/c1-14-8(15)5-2-6(9(11,12)13)4-7(10)3-5/h2-4H,1H3,(H,14,15). The lowest BCUT2D eigenvalue weighted by Gasteiger charge is -2.09. The van der Waals surface area contributed by atoms with Crippen molar-refractivity contribution < 1.29 is 18.0 Å². The van der Waals surface area contributed by atoms with Gasteiger partial charge >= 0.3 is 6.18 Å². The number of hydrogen-bond donors (Lipinski definition) is 1. The predicted molar refractivity (Wildman–Crippen MR) is 52.5 cm³/mol. The van der Waals surface area contributed by atoms with Crippen molar-refractivity contribution in [3.8, 4) is 0 Å². The maximum atomic E-state index is 12.4. The zero-order valence-electron chi connectivity index (χ0n) is 7.65. The molecule has 0 unspecified atom stereocenters. The molecule has 0 fully saturated rings. The van der Waals surface area contributed by atoms with Crippen molar-refractivity contribution in [2.75, 3.05) is 7.05 Å². The van der Waals surface area contributed by atoms with Gasteiger partial charge in [0.05, 0.1) is 5.56 Å². The van der Waals surface area contributed by atoms with Crippen molar-refractivity contribution >= 4 is 21.8 Å². The van der Waals surface area contributed by atoms with Crippen LogP contribution in [0.1, 0.15) is 15.9 Å². The van der Waals surface area contributed by atoms with Gasteiger partial charge in [-0.3, -0.25) is 4.79 Å². The fraction of sp³-hybridized carbons (Fsp3) is 0.222. The molecule has 0 aromatic heterocycles. The third-order valence-corrected chi connectivity index (χ3v) is 2.17. The van der Waals surface area contributed by atoms with E-state index in [9.17, 15) is 18.0 Å². The van der Waals surface area contributed by atoms with E-state index in [1.54, 1.807) is 0 Å². The first-order valence-electron chi connectivity index (χ1n) is 3.94. The Labute approximate surface area is 92.6 Å². The van der Waals surface area contributed by atoms with Gasteiger partial charge in [0.15, 0.2) is 0 Å². The van der Waals surface area contributed by atoms with Crippen LogP contribution in [0, 0.1) is 0 Å². The Morgan fingerprint density at radius 2 is 1.93 bits per heavy atom. The number of halogens is 4. The molecule has 0 aliphatic rings. The fourth-order valence-corrected chi connectivity index (χ4v) is 1.52. The smallest absolute Gasteiger partial charge is 0.355 e. The number of hydrogen-bond acceptors (Lipinski definition) is 1. The van der Waals surface area contributed by atoms with Crippen LogP contribution < -0.4 is 5.32 Å². The molecule has 1 N–H and O–H groups in total. The van der Waals surface area contributed by atoms with Crippen LogP contribution in [0.25, 0.3) is 0 Å². The minimum Gasteiger partial charge on any atom is -0.355 e. The molecule has 1 aromatic rings. The lowest BCUT2D eigenvalue weighted by molar-refractivity contribution is -0.137. The van der Waals surface area contributed by atoms with E-state index in [4.69, 9.17) is 0 Å². The van der Waals surface area contributed by atoms with Crippen LogP contribution >= 0.6 is 15.9 Å². The van der Waals surface area contributed by atoms with Gasteiger partial charge in [-0.05, 0) is 18.2 Å².